The summed E-state index contributed by atoms with van der Waals surface area (Å²) >= 11 is 7.58. The summed E-state index contributed by atoms with van der Waals surface area (Å²) in [5.74, 6) is -1.33. The highest BCUT2D eigenvalue weighted by Gasteiger charge is 2.74. The van der Waals surface area contributed by atoms with Crippen molar-refractivity contribution in [3.63, 3.8) is 0 Å². The summed E-state index contributed by atoms with van der Waals surface area (Å²) in [6.45, 7) is 9.15. The molecule has 3 saturated carbocycles. The molecule has 192 valence electrons. The number of esters is 2. The van der Waals surface area contributed by atoms with Gasteiger partial charge >= 0.3 is 11.9 Å². The first-order valence-electron chi connectivity index (χ1n) is 12.9. The summed E-state index contributed by atoms with van der Waals surface area (Å²) in [6, 6.07) is 0. The van der Waals surface area contributed by atoms with Crippen molar-refractivity contribution in [3.8, 4) is 0 Å². The van der Waals surface area contributed by atoms with Gasteiger partial charge in [0.15, 0.2) is 18.0 Å². The van der Waals surface area contributed by atoms with E-state index in [0.29, 0.717) is 19.3 Å². The van der Waals surface area contributed by atoms with E-state index in [0.717, 1.165) is 18.4 Å². The highest BCUT2D eigenvalue weighted by atomic mass is 35.5. The Morgan fingerprint density at radius 3 is 2.43 bits per heavy atom. The average Bonchev–Trinajstić information content (AvgIpc) is 3.05. The molecular formula is C28H37ClO6. The van der Waals surface area contributed by atoms with Gasteiger partial charge in [0.05, 0.1) is 4.87 Å². The maximum atomic E-state index is 13.8. The maximum Gasteiger partial charge on any atom is 0.306 e. The number of allylic oxidation sites excluding steroid dienone is 4. The zero-order valence-corrected chi connectivity index (χ0v) is 22.2. The molecule has 0 spiro atoms. The monoisotopic (exact) mass is 504 g/mol. The maximum absolute atomic E-state index is 13.8. The number of carbonyl (C=O) groups excluding carboxylic acids is 4. The quantitative estimate of drug-likeness (QED) is 0.368. The molecule has 0 aromatic rings. The van der Waals surface area contributed by atoms with E-state index < -0.39 is 39.9 Å². The lowest BCUT2D eigenvalue weighted by molar-refractivity contribution is -0.196. The molecule has 0 bridgehead atoms. The topological polar surface area (TPSA) is 86.7 Å². The van der Waals surface area contributed by atoms with E-state index in [2.05, 4.69) is 13.8 Å². The van der Waals surface area contributed by atoms with Gasteiger partial charge in [0.25, 0.3) is 0 Å². The van der Waals surface area contributed by atoms with Crippen molar-refractivity contribution < 1.29 is 28.7 Å². The summed E-state index contributed by atoms with van der Waals surface area (Å²) in [5, 5.41) is 0. The second kappa shape index (κ2) is 8.86. The second-order valence-corrected chi connectivity index (χ2v) is 12.0. The highest BCUT2D eigenvalue weighted by molar-refractivity contribution is 6.25. The van der Waals surface area contributed by atoms with Gasteiger partial charge in [-0.15, -0.1) is 11.6 Å². The summed E-state index contributed by atoms with van der Waals surface area (Å²) in [4.78, 5) is 49.9. The van der Waals surface area contributed by atoms with Gasteiger partial charge in [-0.1, -0.05) is 46.3 Å². The molecule has 4 aliphatic rings. The molecule has 35 heavy (non-hydrogen) atoms. The summed E-state index contributed by atoms with van der Waals surface area (Å²) < 4.78 is 11.4. The smallest absolute Gasteiger partial charge is 0.306 e. The number of halogens is 1. The van der Waals surface area contributed by atoms with Crippen LogP contribution in [0.4, 0.5) is 0 Å². The Morgan fingerprint density at radius 2 is 1.77 bits per heavy atom. The van der Waals surface area contributed by atoms with Crippen molar-refractivity contribution in [2.45, 2.75) is 90.0 Å². The van der Waals surface area contributed by atoms with Crippen molar-refractivity contribution in [1.82, 2.24) is 0 Å². The number of rotatable bonds is 6. The van der Waals surface area contributed by atoms with E-state index in [4.69, 9.17) is 21.1 Å². The van der Waals surface area contributed by atoms with Crippen LogP contribution in [0.2, 0.25) is 0 Å². The van der Waals surface area contributed by atoms with E-state index in [1.54, 1.807) is 26.0 Å². The fourth-order valence-electron chi connectivity index (χ4n) is 7.89. The van der Waals surface area contributed by atoms with E-state index in [1.165, 1.54) is 0 Å². The number of hydrogen-bond acceptors (Lipinski definition) is 6. The molecule has 3 fully saturated rings. The van der Waals surface area contributed by atoms with Gasteiger partial charge < -0.3 is 9.47 Å². The molecule has 0 N–H and O–H groups in total. The Labute approximate surface area is 212 Å². The summed E-state index contributed by atoms with van der Waals surface area (Å²) in [5.41, 5.74) is -1.37. The zero-order valence-electron chi connectivity index (χ0n) is 21.4. The van der Waals surface area contributed by atoms with Crippen LogP contribution in [0.3, 0.4) is 0 Å². The molecule has 0 radical (unpaired) electrons. The van der Waals surface area contributed by atoms with E-state index in [-0.39, 0.29) is 42.2 Å². The standard InChI is InChI=1S/C28H37ClO6/c1-6-23(32)34-16-22(31)28(35-24(33)7-2)17(3)14-21-20-9-8-18-15-19(30)10-11-25(18,4)27(20,29)13-12-26(21,28)5/h10-11,15,17,20-21H,6-9,12-14,16H2,1-5H3/t17-,20-,21-,25-,26-,27+,28-/m0/s1. The first-order valence-corrected chi connectivity index (χ1v) is 13.3. The zero-order chi connectivity index (χ0) is 25.8. The normalized spacial score (nSPS) is 41.8. The predicted molar refractivity (Wildman–Crippen MR) is 132 cm³/mol. The van der Waals surface area contributed by atoms with Crippen LogP contribution in [0.5, 0.6) is 0 Å². The Hall–Kier alpha value is -1.95. The van der Waals surface area contributed by atoms with Gasteiger partial charge in [-0.2, -0.15) is 0 Å². The molecule has 0 aromatic heterocycles. The number of hydrogen-bond donors (Lipinski definition) is 0. The second-order valence-electron chi connectivity index (χ2n) is 11.3. The molecule has 6 nitrogen and oxygen atoms in total. The van der Waals surface area contributed by atoms with Crippen molar-refractivity contribution in [3.05, 3.63) is 23.8 Å². The Bertz CT molecular complexity index is 1010. The predicted octanol–water partition coefficient (Wildman–Crippen LogP) is 5.12. The largest absolute Gasteiger partial charge is 0.457 e. The van der Waals surface area contributed by atoms with Crippen LogP contribution >= 0.6 is 11.6 Å². The van der Waals surface area contributed by atoms with Crippen LogP contribution in [0, 0.1) is 28.6 Å². The summed E-state index contributed by atoms with van der Waals surface area (Å²) in [6.07, 6.45) is 9.17. The van der Waals surface area contributed by atoms with Gasteiger partial charge in [0.1, 0.15) is 0 Å². The lowest BCUT2D eigenvalue weighted by Gasteiger charge is -2.62. The number of Topliss-reactive ketones (excluding diaryl/α,β-unsaturated/α-hetero) is 1. The number of fused-ring (bicyclic) bond motifs is 5. The van der Waals surface area contributed by atoms with Crippen LogP contribution in [-0.4, -0.2) is 40.6 Å². The fraction of sp³-hybridized carbons (Fsp3) is 0.714. The van der Waals surface area contributed by atoms with Crippen LogP contribution in [0.25, 0.3) is 0 Å². The molecule has 0 unspecified atom stereocenters. The number of ether oxygens (including phenoxy) is 2. The number of ketones is 2. The first kappa shape index (κ1) is 26.1. The van der Waals surface area contributed by atoms with Crippen molar-refractivity contribution in [1.29, 1.82) is 0 Å². The van der Waals surface area contributed by atoms with Crippen LogP contribution in [0.1, 0.15) is 79.6 Å². The molecule has 0 amide bonds. The van der Waals surface area contributed by atoms with Crippen LogP contribution < -0.4 is 0 Å². The molecule has 4 rings (SSSR count). The van der Waals surface area contributed by atoms with E-state index >= 15 is 0 Å². The number of alkyl halides is 1. The van der Waals surface area contributed by atoms with Gasteiger partial charge in [-0.05, 0) is 56.1 Å². The third-order valence-corrected chi connectivity index (χ3v) is 10.7. The third-order valence-electron chi connectivity index (χ3n) is 9.83. The van der Waals surface area contributed by atoms with E-state index in [9.17, 15) is 19.2 Å². The van der Waals surface area contributed by atoms with Crippen molar-refractivity contribution in [2.75, 3.05) is 6.61 Å². The first-order chi connectivity index (χ1) is 16.4. The van der Waals surface area contributed by atoms with Gasteiger partial charge in [0, 0.05) is 29.6 Å². The molecule has 0 aliphatic heterocycles. The minimum absolute atomic E-state index is 0.00375. The Balaban J connectivity index is 1.75. The lowest BCUT2D eigenvalue weighted by Crippen LogP contribution is -2.65. The van der Waals surface area contributed by atoms with Gasteiger partial charge in [-0.25, -0.2) is 0 Å². The summed E-state index contributed by atoms with van der Waals surface area (Å²) in [7, 11) is 0. The molecule has 0 heterocycles. The molecule has 7 heteroatoms. The molecule has 4 aliphatic carbocycles. The molecule has 7 atom stereocenters. The van der Waals surface area contributed by atoms with Gasteiger partial charge in [-0.3, -0.25) is 19.2 Å². The average molecular weight is 505 g/mol. The van der Waals surface area contributed by atoms with Crippen molar-refractivity contribution >= 4 is 35.1 Å². The molecule has 0 saturated heterocycles. The van der Waals surface area contributed by atoms with E-state index in [1.807, 2.05) is 13.0 Å². The number of carbonyl (C=O) groups is 4. The van der Waals surface area contributed by atoms with Crippen molar-refractivity contribution in [2.24, 2.45) is 28.6 Å². The lowest BCUT2D eigenvalue weighted by atomic mass is 9.46. The fourth-order valence-corrected chi connectivity index (χ4v) is 8.43. The minimum Gasteiger partial charge on any atom is -0.457 e. The molecule has 0 aromatic carbocycles. The van der Waals surface area contributed by atoms with Gasteiger partial charge in [0.2, 0.25) is 5.78 Å². The third kappa shape index (κ3) is 3.57. The highest BCUT2D eigenvalue weighted by Crippen LogP contribution is 2.72. The van der Waals surface area contributed by atoms with Crippen LogP contribution in [-0.2, 0) is 28.7 Å². The minimum atomic E-state index is -1.37. The van der Waals surface area contributed by atoms with Crippen LogP contribution in [0.15, 0.2) is 23.8 Å². The Kier molecular flexibility index (Phi) is 6.61. The Morgan fingerprint density at radius 1 is 1.09 bits per heavy atom. The SMILES string of the molecule is CCC(=O)OCC(=O)[C@@]1(OC(=O)CC)[C@@H](C)C[C@H]2[C@@H]3CCC4=CC(=O)C=C[C@]4(C)[C@@]3(Cl)CC[C@@]21C. The molecular weight excluding hydrogens is 468 g/mol.